The van der Waals surface area contributed by atoms with Crippen LogP contribution in [0.4, 0.5) is 0 Å². The van der Waals surface area contributed by atoms with Crippen LogP contribution in [0.1, 0.15) is 46.0 Å². The lowest BCUT2D eigenvalue weighted by Gasteiger charge is -2.19. The third kappa shape index (κ3) is 4.10. The monoisotopic (exact) mass is 186 g/mol. The first-order chi connectivity index (χ1) is 6.22. The molecule has 0 radical (unpaired) electrons. The van der Waals surface area contributed by atoms with Gasteiger partial charge in [-0.25, -0.2) is 0 Å². The Balaban J connectivity index is 2.21. The van der Waals surface area contributed by atoms with Crippen molar-refractivity contribution in [3.63, 3.8) is 0 Å². The van der Waals surface area contributed by atoms with E-state index in [0.29, 0.717) is 12.0 Å². The molecule has 1 N–H and O–H groups in total. The minimum Gasteiger partial charge on any atom is -0.393 e. The molecular formula is C11H22O2. The molecule has 13 heavy (non-hydrogen) atoms. The highest BCUT2D eigenvalue weighted by molar-refractivity contribution is 4.71. The van der Waals surface area contributed by atoms with Crippen LogP contribution in [-0.4, -0.2) is 23.9 Å². The molecule has 2 heteroatoms. The van der Waals surface area contributed by atoms with E-state index in [1.54, 1.807) is 0 Å². The van der Waals surface area contributed by atoms with Gasteiger partial charge < -0.3 is 9.84 Å². The smallest absolute Gasteiger partial charge is 0.0578 e. The number of hydrogen-bond acceptors (Lipinski definition) is 2. The van der Waals surface area contributed by atoms with Crippen LogP contribution < -0.4 is 0 Å². The minimum absolute atomic E-state index is 0.161. The molecule has 0 spiro atoms. The van der Waals surface area contributed by atoms with Crippen LogP contribution in [0.3, 0.4) is 0 Å². The third-order valence-electron chi connectivity index (χ3n) is 2.87. The first-order valence-electron chi connectivity index (χ1n) is 5.52. The Morgan fingerprint density at radius 2 is 2.31 bits per heavy atom. The number of ether oxygens (including phenoxy) is 1. The average molecular weight is 186 g/mol. The van der Waals surface area contributed by atoms with Crippen molar-refractivity contribution in [3.8, 4) is 0 Å². The molecule has 0 amide bonds. The topological polar surface area (TPSA) is 29.5 Å². The Kier molecular flexibility index (Phi) is 4.74. The van der Waals surface area contributed by atoms with Crippen molar-refractivity contribution in [1.29, 1.82) is 0 Å². The fourth-order valence-corrected chi connectivity index (χ4v) is 2.11. The van der Waals surface area contributed by atoms with E-state index >= 15 is 0 Å². The van der Waals surface area contributed by atoms with E-state index in [9.17, 15) is 5.11 Å². The molecule has 0 aliphatic carbocycles. The maximum Gasteiger partial charge on any atom is 0.0578 e. The van der Waals surface area contributed by atoms with E-state index in [2.05, 4.69) is 6.92 Å². The summed E-state index contributed by atoms with van der Waals surface area (Å²) in [6, 6.07) is 0. The van der Waals surface area contributed by atoms with Gasteiger partial charge in [0.25, 0.3) is 0 Å². The van der Waals surface area contributed by atoms with E-state index in [1.807, 2.05) is 6.92 Å². The molecule has 1 heterocycles. The van der Waals surface area contributed by atoms with Crippen molar-refractivity contribution in [1.82, 2.24) is 0 Å². The van der Waals surface area contributed by atoms with E-state index in [0.717, 1.165) is 25.9 Å². The Morgan fingerprint density at radius 3 is 2.77 bits per heavy atom. The second-order valence-electron chi connectivity index (χ2n) is 4.23. The van der Waals surface area contributed by atoms with Crippen molar-refractivity contribution in [2.45, 2.75) is 58.2 Å². The van der Waals surface area contributed by atoms with Gasteiger partial charge in [0, 0.05) is 6.61 Å². The molecule has 3 atom stereocenters. The van der Waals surface area contributed by atoms with Crippen LogP contribution in [0, 0.1) is 5.92 Å². The van der Waals surface area contributed by atoms with Crippen molar-refractivity contribution in [2.75, 3.05) is 6.61 Å². The van der Waals surface area contributed by atoms with Gasteiger partial charge in [-0.2, -0.15) is 0 Å². The SMILES string of the molecule is CCC(CC(C)O)CC1CCCO1. The summed E-state index contributed by atoms with van der Waals surface area (Å²) in [5.74, 6) is 0.642. The molecule has 2 nitrogen and oxygen atoms in total. The number of hydrogen-bond donors (Lipinski definition) is 1. The molecule has 3 unspecified atom stereocenters. The Bertz CT molecular complexity index is 128. The van der Waals surface area contributed by atoms with Crippen LogP contribution in [0.5, 0.6) is 0 Å². The van der Waals surface area contributed by atoms with Gasteiger partial charge in [-0.1, -0.05) is 13.3 Å². The Morgan fingerprint density at radius 1 is 1.54 bits per heavy atom. The maximum absolute atomic E-state index is 9.29. The molecule has 0 saturated carbocycles. The molecular weight excluding hydrogens is 164 g/mol. The first-order valence-corrected chi connectivity index (χ1v) is 5.52. The van der Waals surface area contributed by atoms with E-state index in [-0.39, 0.29) is 6.10 Å². The zero-order valence-corrected chi connectivity index (χ0v) is 8.83. The summed E-state index contributed by atoms with van der Waals surface area (Å²) in [5, 5.41) is 9.29. The van der Waals surface area contributed by atoms with Gasteiger partial charge >= 0.3 is 0 Å². The van der Waals surface area contributed by atoms with Crippen molar-refractivity contribution >= 4 is 0 Å². The van der Waals surface area contributed by atoms with Crippen LogP contribution in [0.2, 0.25) is 0 Å². The lowest BCUT2D eigenvalue weighted by molar-refractivity contribution is 0.0755. The van der Waals surface area contributed by atoms with Crippen molar-refractivity contribution < 1.29 is 9.84 Å². The molecule has 78 valence electrons. The largest absolute Gasteiger partial charge is 0.393 e. The molecule has 1 fully saturated rings. The molecule has 1 aliphatic rings. The highest BCUT2D eigenvalue weighted by Gasteiger charge is 2.20. The number of aliphatic hydroxyl groups excluding tert-OH is 1. The first kappa shape index (κ1) is 11.0. The minimum atomic E-state index is -0.161. The summed E-state index contributed by atoms with van der Waals surface area (Å²) in [6.45, 7) is 5.01. The number of aliphatic hydroxyl groups is 1. The Labute approximate surface area is 81.3 Å². The van der Waals surface area contributed by atoms with Gasteiger partial charge in [0.1, 0.15) is 0 Å². The molecule has 0 aromatic rings. The van der Waals surface area contributed by atoms with Crippen LogP contribution in [0.25, 0.3) is 0 Å². The van der Waals surface area contributed by atoms with E-state index in [1.165, 1.54) is 12.8 Å². The molecule has 1 rings (SSSR count). The molecule has 0 aromatic carbocycles. The predicted octanol–water partition coefficient (Wildman–Crippen LogP) is 2.35. The highest BCUT2D eigenvalue weighted by Crippen LogP contribution is 2.24. The second-order valence-corrected chi connectivity index (χ2v) is 4.23. The molecule has 0 aromatic heterocycles. The van der Waals surface area contributed by atoms with Gasteiger partial charge in [0.15, 0.2) is 0 Å². The van der Waals surface area contributed by atoms with Crippen LogP contribution >= 0.6 is 0 Å². The summed E-state index contributed by atoms with van der Waals surface area (Å²) >= 11 is 0. The standard InChI is InChI=1S/C11H22O2/c1-3-10(7-9(2)12)8-11-5-4-6-13-11/h9-12H,3-8H2,1-2H3. The van der Waals surface area contributed by atoms with Crippen LogP contribution in [0.15, 0.2) is 0 Å². The van der Waals surface area contributed by atoms with Gasteiger partial charge in [0.2, 0.25) is 0 Å². The number of rotatable bonds is 5. The quantitative estimate of drug-likeness (QED) is 0.714. The van der Waals surface area contributed by atoms with Crippen molar-refractivity contribution in [3.05, 3.63) is 0 Å². The van der Waals surface area contributed by atoms with Crippen molar-refractivity contribution in [2.24, 2.45) is 5.92 Å². The fourth-order valence-electron chi connectivity index (χ4n) is 2.11. The van der Waals surface area contributed by atoms with Crippen LogP contribution in [-0.2, 0) is 4.74 Å². The lowest BCUT2D eigenvalue weighted by atomic mass is 9.92. The normalized spacial score (nSPS) is 27.5. The summed E-state index contributed by atoms with van der Waals surface area (Å²) in [4.78, 5) is 0. The zero-order valence-electron chi connectivity index (χ0n) is 8.83. The summed E-state index contributed by atoms with van der Waals surface area (Å²) in [7, 11) is 0. The van der Waals surface area contributed by atoms with E-state index in [4.69, 9.17) is 4.74 Å². The molecule has 1 aliphatic heterocycles. The zero-order chi connectivity index (χ0) is 9.68. The Hall–Kier alpha value is -0.0800. The van der Waals surface area contributed by atoms with Gasteiger partial charge in [-0.15, -0.1) is 0 Å². The second kappa shape index (κ2) is 5.61. The van der Waals surface area contributed by atoms with Gasteiger partial charge in [-0.3, -0.25) is 0 Å². The predicted molar refractivity (Wildman–Crippen MR) is 53.7 cm³/mol. The highest BCUT2D eigenvalue weighted by atomic mass is 16.5. The van der Waals surface area contributed by atoms with Gasteiger partial charge in [0.05, 0.1) is 12.2 Å². The maximum atomic E-state index is 9.29. The summed E-state index contributed by atoms with van der Waals surface area (Å²) in [5.41, 5.74) is 0. The van der Waals surface area contributed by atoms with E-state index < -0.39 is 0 Å². The molecule has 0 bridgehead atoms. The summed E-state index contributed by atoms with van der Waals surface area (Å²) < 4.78 is 5.59. The summed E-state index contributed by atoms with van der Waals surface area (Å²) in [6.07, 6.45) is 5.98. The average Bonchev–Trinajstić information content (AvgIpc) is 2.55. The molecule has 1 saturated heterocycles. The third-order valence-corrected chi connectivity index (χ3v) is 2.87. The lowest BCUT2D eigenvalue weighted by Crippen LogP contribution is -2.16. The fraction of sp³-hybridized carbons (Fsp3) is 1.00. The van der Waals surface area contributed by atoms with Gasteiger partial charge in [-0.05, 0) is 38.5 Å².